The van der Waals surface area contributed by atoms with Gasteiger partial charge in [-0.25, -0.2) is 4.98 Å². The number of nitrogens with one attached hydrogen (secondary N) is 2. The molecule has 0 spiro atoms. The summed E-state index contributed by atoms with van der Waals surface area (Å²) in [6.07, 6.45) is 7.04. The predicted octanol–water partition coefficient (Wildman–Crippen LogP) is 4.30. The second-order valence-electron chi connectivity index (χ2n) is 8.22. The molecule has 1 saturated carbocycles. The lowest BCUT2D eigenvalue weighted by Crippen LogP contribution is -2.30. The largest absolute Gasteiger partial charge is 0.383 e. The number of aryl methyl sites for hydroxylation is 1. The Hall–Kier alpha value is -2.89. The first-order chi connectivity index (χ1) is 13.8. The minimum atomic E-state index is -0.236. The van der Waals surface area contributed by atoms with Crippen LogP contribution in [0.3, 0.4) is 0 Å². The number of amides is 2. The van der Waals surface area contributed by atoms with Crippen molar-refractivity contribution in [3.05, 3.63) is 41.6 Å². The summed E-state index contributed by atoms with van der Waals surface area (Å²) in [5.41, 5.74) is 9.82. The molecule has 1 fully saturated rings. The second-order valence-corrected chi connectivity index (χ2v) is 8.22. The van der Waals surface area contributed by atoms with Crippen LogP contribution in [-0.4, -0.2) is 22.8 Å². The third kappa shape index (κ3) is 5.34. The Morgan fingerprint density at radius 3 is 2.59 bits per heavy atom. The van der Waals surface area contributed by atoms with E-state index in [0.29, 0.717) is 17.9 Å². The smallest absolute Gasteiger partial charge is 0.255 e. The first-order valence-corrected chi connectivity index (χ1v) is 10.3. The maximum Gasteiger partial charge on any atom is 0.255 e. The summed E-state index contributed by atoms with van der Waals surface area (Å²) in [7, 11) is 0. The van der Waals surface area contributed by atoms with E-state index < -0.39 is 0 Å². The first kappa shape index (κ1) is 20.8. The molecule has 1 aliphatic rings. The van der Waals surface area contributed by atoms with Crippen molar-refractivity contribution in [2.75, 3.05) is 11.1 Å². The third-order valence-electron chi connectivity index (χ3n) is 5.35. The zero-order valence-electron chi connectivity index (χ0n) is 17.4. The summed E-state index contributed by atoms with van der Waals surface area (Å²) in [6.45, 7) is 5.77. The molecule has 6 nitrogen and oxygen atoms in total. The molecule has 1 heterocycles. The lowest BCUT2D eigenvalue weighted by atomic mass is 9.99. The highest BCUT2D eigenvalue weighted by Crippen LogP contribution is 2.29. The van der Waals surface area contributed by atoms with Crippen molar-refractivity contribution in [3.8, 4) is 11.1 Å². The number of anilines is 2. The Bertz CT molecular complexity index is 902. The molecule has 3 rings (SSSR count). The van der Waals surface area contributed by atoms with E-state index in [1.165, 1.54) is 12.8 Å². The van der Waals surface area contributed by atoms with Gasteiger partial charge >= 0.3 is 0 Å². The van der Waals surface area contributed by atoms with Gasteiger partial charge in [0.05, 0.1) is 5.56 Å². The number of nitrogen functional groups attached to an aromatic ring is 1. The van der Waals surface area contributed by atoms with Crippen molar-refractivity contribution in [2.24, 2.45) is 5.92 Å². The summed E-state index contributed by atoms with van der Waals surface area (Å²) < 4.78 is 0. The molecule has 1 aromatic carbocycles. The van der Waals surface area contributed by atoms with E-state index in [4.69, 9.17) is 5.73 Å². The number of nitrogens with zero attached hydrogens (tertiary/aromatic N) is 1. The van der Waals surface area contributed by atoms with Gasteiger partial charge < -0.3 is 16.4 Å². The Kier molecular flexibility index (Phi) is 6.52. The molecule has 2 amide bonds. The number of benzene rings is 1. The average molecular weight is 395 g/mol. The van der Waals surface area contributed by atoms with Gasteiger partial charge in [-0.2, -0.15) is 0 Å². The van der Waals surface area contributed by atoms with Crippen molar-refractivity contribution in [3.63, 3.8) is 0 Å². The number of nitrogens with two attached hydrogens (primary N) is 1. The molecule has 0 aliphatic heterocycles. The van der Waals surface area contributed by atoms with E-state index >= 15 is 0 Å². The molecule has 0 radical (unpaired) electrons. The van der Waals surface area contributed by atoms with Crippen LogP contribution in [0.2, 0.25) is 0 Å². The molecule has 0 saturated heterocycles. The van der Waals surface area contributed by atoms with Gasteiger partial charge in [-0.05, 0) is 68.9 Å². The van der Waals surface area contributed by atoms with Crippen molar-refractivity contribution in [1.82, 2.24) is 10.3 Å². The average Bonchev–Trinajstić information content (AvgIpc) is 3.14. The molecular formula is C23H30N4O2. The molecule has 0 unspecified atom stereocenters. The Labute approximate surface area is 172 Å². The van der Waals surface area contributed by atoms with Crippen molar-refractivity contribution < 1.29 is 9.59 Å². The Morgan fingerprint density at radius 2 is 1.93 bits per heavy atom. The Morgan fingerprint density at radius 1 is 1.21 bits per heavy atom. The molecule has 1 aliphatic carbocycles. The van der Waals surface area contributed by atoms with Gasteiger partial charge in [0, 0.05) is 29.9 Å². The van der Waals surface area contributed by atoms with Gasteiger partial charge in [-0.15, -0.1) is 0 Å². The zero-order valence-corrected chi connectivity index (χ0v) is 17.4. The van der Waals surface area contributed by atoms with Crippen LogP contribution in [0.1, 0.15) is 61.9 Å². The van der Waals surface area contributed by atoms with Crippen LogP contribution in [0, 0.1) is 12.8 Å². The molecule has 2 aromatic rings. The first-order valence-electron chi connectivity index (χ1n) is 10.3. The minimum absolute atomic E-state index is 0.0134. The Balaban J connectivity index is 1.76. The van der Waals surface area contributed by atoms with Crippen LogP contribution in [0.15, 0.2) is 30.5 Å². The molecule has 1 aromatic heterocycles. The normalized spacial score (nSPS) is 14.2. The van der Waals surface area contributed by atoms with E-state index in [1.54, 1.807) is 12.3 Å². The molecule has 0 bridgehead atoms. The van der Waals surface area contributed by atoms with E-state index in [0.717, 1.165) is 35.2 Å². The second kappa shape index (κ2) is 9.07. The fourth-order valence-electron chi connectivity index (χ4n) is 3.90. The van der Waals surface area contributed by atoms with Gasteiger partial charge in [-0.3, -0.25) is 9.59 Å². The highest BCUT2D eigenvalue weighted by molar-refractivity contribution is 5.99. The van der Waals surface area contributed by atoms with Crippen molar-refractivity contribution in [1.29, 1.82) is 0 Å². The quantitative estimate of drug-likeness (QED) is 0.680. The molecule has 154 valence electrons. The topological polar surface area (TPSA) is 97.1 Å². The lowest BCUT2D eigenvalue weighted by molar-refractivity contribution is -0.117. The van der Waals surface area contributed by atoms with Crippen LogP contribution >= 0.6 is 0 Å². The molecule has 6 heteroatoms. The van der Waals surface area contributed by atoms with Crippen LogP contribution in [0.25, 0.3) is 11.1 Å². The fourth-order valence-corrected chi connectivity index (χ4v) is 3.90. The van der Waals surface area contributed by atoms with Gasteiger partial charge in [0.2, 0.25) is 5.91 Å². The van der Waals surface area contributed by atoms with E-state index in [1.807, 2.05) is 39.0 Å². The molecular weight excluding hydrogens is 364 g/mol. The maximum atomic E-state index is 12.4. The van der Waals surface area contributed by atoms with Crippen LogP contribution in [0.4, 0.5) is 11.5 Å². The maximum absolute atomic E-state index is 12.4. The van der Waals surface area contributed by atoms with E-state index in [9.17, 15) is 9.59 Å². The number of carbonyl (C=O) groups excluding carboxylic acids is 2. The van der Waals surface area contributed by atoms with Crippen molar-refractivity contribution >= 4 is 23.3 Å². The summed E-state index contributed by atoms with van der Waals surface area (Å²) in [6, 6.07) is 7.56. The van der Waals surface area contributed by atoms with Gasteiger partial charge in [0.15, 0.2) is 0 Å². The molecule has 0 atom stereocenters. The van der Waals surface area contributed by atoms with Gasteiger partial charge in [0.1, 0.15) is 5.82 Å². The number of hydrogen-bond donors (Lipinski definition) is 3. The summed E-state index contributed by atoms with van der Waals surface area (Å²) in [4.78, 5) is 28.9. The van der Waals surface area contributed by atoms with Gasteiger partial charge in [0.25, 0.3) is 5.91 Å². The number of aromatic nitrogens is 1. The summed E-state index contributed by atoms with van der Waals surface area (Å²) in [5.74, 6) is 0.568. The van der Waals surface area contributed by atoms with Crippen LogP contribution < -0.4 is 16.4 Å². The van der Waals surface area contributed by atoms with Crippen LogP contribution in [0.5, 0.6) is 0 Å². The summed E-state index contributed by atoms with van der Waals surface area (Å²) in [5, 5.41) is 5.86. The highest BCUT2D eigenvalue weighted by atomic mass is 16.2. The highest BCUT2D eigenvalue weighted by Gasteiger charge is 2.19. The molecule has 29 heavy (non-hydrogen) atoms. The predicted molar refractivity (Wildman–Crippen MR) is 117 cm³/mol. The number of carbonyl (C=O) groups is 2. The third-order valence-corrected chi connectivity index (χ3v) is 5.35. The fraction of sp³-hybridized carbons (Fsp3) is 0.435. The zero-order chi connectivity index (χ0) is 21.0. The van der Waals surface area contributed by atoms with E-state index in [-0.39, 0.29) is 23.7 Å². The van der Waals surface area contributed by atoms with E-state index in [2.05, 4.69) is 15.6 Å². The standard InChI is InChI=1S/C23H30N4O2/c1-14(2)26-23(29)20-12-17(13-25-22(20)24)19-9-8-18(10-15(19)3)27-21(28)11-16-6-4-5-7-16/h8-10,12-14,16H,4-7,11H2,1-3H3,(H2,24,25)(H,26,29)(H,27,28). The molecule has 4 N–H and O–H groups in total. The number of hydrogen-bond acceptors (Lipinski definition) is 4. The number of pyridine rings is 1. The minimum Gasteiger partial charge on any atom is -0.383 e. The van der Waals surface area contributed by atoms with Crippen molar-refractivity contribution in [2.45, 2.75) is 58.9 Å². The number of rotatable bonds is 6. The summed E-state index contributed by atoms with van der Waals surface area (Å²) >= 11 is 0. The lowest BCUT2D eigenvalue weighted by Gasteiger charge is -2.14. The van der Waals surface area contributed by atoms with Crippen LogP contribution in [-0.2, 0) is 4.79 Å². The SMILES string of the molecule is Cc1cc(NC(=O)CC2CCCC2)ccc1-c1cnc(N)c(C(=O)NC(C)C)c1. The van der Waals surface area contributed by atoms with Gasteiger partial charge in [-0.1, -0.05) is 18.9 Å². The monoisotopic (exact) mass is 394 g/mol.